The van der Waals surface area contributed by atoms with Gasteiger partial charge in [-0.15, -0.1) is 0 Å². The van der Waals surface area contributed by atoms with Crippen LogP contribution in [0.15, 0.2) is 24.3 Å². The zero-order chi connectivity index (χ0) is 17.5. The van der Waals surface area contributed by atoms with Crippen molar-refractivity contribution in [3.8, 4) is 0 Å². The fraction of sp³-hybridized carbons (Fsp3) is 0.412. The molecule has 1 heterocycles. The number of aliphatic carboxylic acids is 1. The first-order chi connectivity index (χ1) is 11.5. The lowest BCUT2D eigenvalue weighted by atomic mass is 10.1. The third kappa shape index (κ3) is 4.41. The molecule has 1 aromatic carbocycles. The third-order valence-electron chi connectivity index (χ3n) is 3.82. The number of unbranched alkanes of at least 4 members (excludes halogenated alkanes) is 3. The zero-order valence-corrected chi connectivity index (χ0v) is 13.3. The van der Waals surface area contributed by atoms with Gasteiger partial charge in [0.2, 0.25) is 5.91 Å². The van der Waals surface area contributed by atoms with E-state index < -0.39 is 17.8 Å². The molecule has 2 rings (SSSR count). The maximum absolute atomic E-state index is 12.1. The monoisotopic (exact) mass is 332 g/mol. The van der Waals surface area contributed by atoms with Gasteiger partial charge in [0.05, 0.1) is 11.1 Å². The van der Waals surface area contributed by atoms with Crippen LogP contribution in [-0.4, -0.2) is 46.8 Å². The van der Waals surface area contributed by atoms with Gasteiger partial charge in [0, 0.05) is 13.0 Å². The molecule has 7 nitrogen and oxygen atoms in total. The lowest BCUT2D eigenvalue weighted by Gasteiger charge is -2.13. The molecule has 7 heteroatoms. The van der Waals surface area contributed by atoms with E-state index in [9.17, 15) is 19.2 Å². The predicted octanol–water partition coefficient (Wildman–Crippen LogP) is 1.43. The zero-order valence-electron chi connectivity index (χ0n) is 13.3. The Morgan fingerprint density at radius 3 is 2.12 bits per heavy atom. The van der Waals surface area contributed by atoms with Crippen LogP contribution in [0.25, 0.3) is 0 Å². The molecular weight excluding hydrogens is 312 g/mol. The Morgan fingerprint density at radius 1 is 0.958 bits per heavy atom. The van der Waals surface area contributed by atoms with Crippen molar-refractivity contribution in [1.29, 1.82) is 0 Å². The van der Waals surface area contributed by atoms with E-state index in [1.807, 2.05) is 0 Å². The summed E-state index contributed by atoms with van der Waals surface area (Å²) in [6.07, 6.45) is 3.12. The van der Waals surface area contributed by atoms with Crippen LogP contribution in [0.2, 0.25) is 0 Å². The standard InChI is InChI=1S/C17H20N2O5/c20-14(18-10-6-2-1-3-9-15(21)22)11-19-16(23)12-7-4-5-8-13(12)17(19)24/h4-5,7-8H,1-3,6,9-11H2,(H,18,20)(H,21,22). The lowest BCUT2D eigenvalue weighted by molar-refractivity contribution is -0.137. The molecule has 0 saturated heterocycles. The quantitative estimate of drug-likeness (QED) is 0.526. The van der Waals surface area contributed by atoms with Crippen molar-refractivity contribution >= 4 is 23.7 Å². The fourth-order valence-corrected chi connectivity index (χ4v) is 2.56. The minimum atomic E-state index is -0.802. The van der Waals surface area contributed by atoms with Crippen molar-refractivity contribution in [2.45, 2.75) is 32.1 Å². The van der Waals surface area contributed by atoms with E-state index in [0.29, 0.717) is 24.1 Å². The first-order valence-corrected chi connectivity index (χ1v) is 7.94. The molecule has 0 atom stereocenters. The van der Waals surface area contributed by atoms with Crippen molar-refractivity contribution in [1.82, 2.24) is 10.2 Å². The summed E-state index contributed by atoms with van der Waals surface area (Å²) in [5.41, 5.74) is 0.655. The Kier molecular flexibility index (Phi) is 6.06. The van der Waals surface area contributed by atoms with Gasteiger partial charge >= 0.3 is 5.97 Å². The highest BCUT2D eigenvalue weighted by Gasteiger charge is 2.36. The van der Waals surface area contributed by atoms with Crippen molar-refractivity contribution < 1.29 is 24.3 Å². The maximum Gasteiger partial charge on any atom is 0.303 e. The van der Waals surface area contributed by atoms with Gasteiger partial charge < -0.3 is 10.4 Å². The summed E-state index contributed by atoms with van der Waals surface area (Å²) in [5, 5.41) is 11.2. The Balaban J connectivity index is 1.69. The van der Waals surface area contributed by atoms with Crippen LogP contribution in [0.4, 0.5) is 0 Å². The molecule has 0 saturated carbocycles. The third-order valence-corrected chi connectivity index (χ3v) is 3.82. The van der Waals surface area contributed by atoms with E-state index in [1.54, 1.807) is 24.3 Å². The van der Waals surface area contributed by atoms with Gasteiger partial charge in [-0.2, -0.15) is 0 Å². The van der Waals surface area contributed by atoms with Crippen LogP contribution in [0, 0.1) is 0 Å². The summed E-state index contributed by atoms with van der Waals surface area (Å²) in [6, 6.07) is 6.51. The number of hydrogen-bond donors (Lipinski definition) is 2. The second kappa shape index (κ2) is 8.24. The fourth-order valence-electron chi connectivity index (χ4n) is 2.56. The number of amides is 3. The summed E-state index contributed by atoms with van der Waals surface area (Å²) in [6.45, 7) is 0.153. The van der Waals surface area contributed by atoms with Gasteiger partial charge in [-0.25, -0.2) is 0 Å². The van der Waals surface area contributed by atoms with Crippen molar-refractivity contribution in [3.63, 3.8) is 0 Å². The number of carboxylic acid groups (broad SMARTS) is 1. The first kappa shape index (κ1) is 17.7. The minimum absolute atomic E-state index is 0.159. The van der Waals surface area contributed by atoms with Gasteiger partial charge in [0.25, 0.3) is 11.8 Å². The first-order valence-electron chi connectivity index (χ1n) is 7.94. The number of rotatable bonds is 9. The molecule has 0 unspecified atom stereocenters. The Bertz CT molecular complexity index is 621. The van der Waals surface area contributed by atoms with Crippen molar-refractivity contribution in [2.24, 2.45) is 0 Å². The molecule has 128 valence electrons. The summed E-state index contributed by atoms with van der Waals surface area (Å²) in [4.78, 5) is 47.4. The smallest absolute Gasteiger partial charge is 0.303 e. The number of carbonyl (C=O) groups is 4. The second-order valence-electron chi connectivity index (χ2n) is 5.65. The van der Waals surface area contributed by atoms with Gasteiger partial charge in [0.1, 0.15) is 6.54 Å². The minimum Gasteiger partial charge on any atom is -0.481 e. The Morgan fingerprint density at radius 2 is 1.54 bits per heavy atom. The topological polar surface area (TPSA) is 104 Å². The molecule has 1 aromatic rings. The molecule has 1 aliphatic rings. The van der Waals surface area contributed by atoms with Crippen molar-refractivity contribution in [3.05, 3.63) is 35.4 Å². The maximum atomic E-state index is 12.1. The summed E-state index contributed by atoms with van der Waals surface area (Å²) in [5.74, 6) is -2.07. The van der Waals surface area contributed by atoms with Crippen LogP contribution in [-0.2, 0) is 9.59 Å². The predicted molar refractivity (Wildman–Crippen MR) is 85.5 cm³/mol. The van der Waals surface area contributed by atoms with Gasteiger partial charge in [-0.1, -0.05) is 25.0 Å². The molecule has 0 aliphatic carbocycles. The summed E-state index contributed by atoms with van der Waals surface area (Å²) in [7, 11) is 0. The highest BCUT2D eigenvalue weighted by atomic mass is 16.4. The molecular formula is C17H20N2O5. The normalized spacial score (nSPS) is 13.1. The molecule has 24 heavy (non-hydrogen) atoms. The molecule has 0 radical (unpaired) electrons. The lowest BCUT2D eigenvalue weighted by Crippen LogP contribution is -2.40. The number of hydrogen-bond acceptors (Lipinski definition) is 4. The molecule has 0 spiro atoms. The van der Waals surface area contributed by atoms with Crippen LogP contribution in [0.1, 0.15) is 52.8 Å². The number of imide groups is 1. The van der Waals surface area contributed by atoms with E-state index in [4.69, 9.17) is 5.11 Å². The SMILES string of the molecule is O=C(O)CCCCCCNC(=O)CN1C(=O)c2ccccc2C1=O. The van der Waals surface area contributed by atoms with Gasteiger partial charge in [-0.3, -0.25) is 24.1 Å². The molecule has 3 amide bonds. The average molecular weight is 332 g/mol. The Labute approximate surface area is 139 Å². The van der Waals surface area contributed by atoms with E-state index in [1.165, 1.54) is 0 Å². The van der Waals surface area contributed by atoms with E-state index in [0.717, 1.165) is 24.2 Å². The summed E-state index contributed by atoms with van der Waals surface area (Å²) < 4.78 is 0. The van der Waals surface area contributed by atoms with Crippen LogP contribution >= 0.6 is 0 Å². The molecule has 2 N–H and O–H groups in total. The molecule has 0 aromatic heterocycles. The molecule has 0 fully saturated rings. The second-order valence-corrected chi connectivity index (χ2v) is 5.65. The molecule has 0 bridgehead atoms. The number of carbonyl (C=O) groups excluding carboxylic acids is 3. The number of carboxylic acids is 1. The highest BCUT2D eigenvalue weighted by Crippen LogP contribution is 2.21. The number of benzene rings is 1. The average Bonchev–Trinajstić information content (AvgIpc) is 2.79. The van der Waals surface area contributed by atoms with Crippen molar-refractivity contribution in [2.75, 3.05) is 13.1 Å². The Hall–Kier alpha value is -2.70. The van der Waals surface area contributed by atoms with E-state index in [2.05, 4.69) is 5.32 Å². The largest absolute Gasteiger partial charge is 0.481 e. The van der Waals surface area contributed by atoms with Gasteiger partial charge in [0.15, 0.2) is 0 Å². The highest BCUT2D eigenvalue weighted by molar-refractivity contribution is 6.22. The van der Waals surface area contributed by atoms with Gasteiger partial charge in [-0.05, 0) is 25.0 Å². The van der Waals surface area contributed by atoms with Crippen LogP contribution < -0.4 is 5.32 Å². The summed E-state index contributed by atoms with van der Waals surface area (Å²) >= 11 is 0. The van der Waals surface area contributed by atoms with Crippen LogP contribution in [0.5, 0.6) is 0 Å². The number of nitrogens with one attached hydrogen (secondary N) is 1. The van der Waals surface area contributed by atoms with E-state index in [-0.39, 0.29) is 18.9 Å². The van der Waals surface area contributed by atoms with Crippen LogP contribution in [0.3, 0.4) is 0 Å². The number of fused-ring (bicyclic) bond motifs is 1. The van der Waals surface area contributed by atoms with E-state index >= 15 is 0 Å². The molecule has 1 aliphatic heterocycles. The number of nitrogens with zero attached hydrogens (tertiary/aromatic N) is 1.